The minimum atomic E-state index is 0.774. The van der Waals surface area contributed by atoms with E-state index in [9.17, 15) is 0 Å². The van der Waals surface area contributed by atoms with Gasteiger partial charge in [0, 0.05) is 24.3 Å². The summed E-state index contributed by atoms with van der Waals surface area (Å²) < 4.78 is 0. The molecule has 0 bridgehead atoms. The van der Waals surface area contributed by atoms with Gasteiger partial charge in [0.05, 0.1) is 5.69 Å². The highest BCUT2D eigenvalue weighted by Gasteiger charge is 2.15. The van der Waals surface area contributed by atoms with Crippen molar-refractivity contribution in [2.45, 2.75) is 32.1 Å². The zero-order valence-electron chi connectivity index (χ0n) is 18.0. The molecule has 0 radical (unpaired) electrons. The van der Waals surface area contributed by atoms with Crippen LogP contribution in [0.25, 0.3) is 0 Å². The molecule has 4 nitrogen and oxygen atoms in total. The van der Waals surface area contributed by atoms with E-state index in [4.69, 9.17) is 9.98 Å². The SMILES string of the molecule is c1ccc(N=C(/N=C(\Nc2ccccc2)c2ccccc2)N2CCCCCCC2)cc1. The number of nitrogens with one attached hydrogen (secondary N) is 1. The summed E-state index contributed by atoms with van der Waals surface area (Å²) in [6.45, 7) is 1.98. The van der Waals surface area contributed by atoms with E-state index in [0.717, 1.165) is 41.8 Å². The molecule has 1 aliphatic heterocycles. The van der Waals surface area contributed by atoms with Gasteiger partial charge in [-0.25, -0.2) is 4.99 Å². The minimum Gasteiger partial charge on any atom is -0.341 e. The average molecular weight is 411 g/mol. The van der Waals surface area contributed by atoms with Gasteiger partial charge >= 0.3 is 0 Å². The van der Waals surface area contributed by atoms with Crippen LogP contribution in [-0.4, -0.2) is 29.8 Å². The smallest absolute Gasteiger partial charge is 0.227 e. The lowest BCUT2D eigenvalue weighted by atomic mass is 10.1. The molecule has 0 spiro atoms. The summed E-state index contributed by atoms with van der Waals surface area (Å²) in [4.78, 5) is 12.4. The van der Waals surface area contributed by atoms with E-state index in [0.29, 0.717) is 0 Å². The Labute approximate surface area is 185 Å². The lowest BCUT2D eigenvalue weighted by Crippen LogP contribution is -2.34. The molecule has 1 aliphatic rings. The number of hydrogen-bond donors (Lipinski definition) is 1. The number of para-hydroxylation sites is 2. The summed E-state index contributed by atoms with van der Waals surface area (Å²) in [6, 6.07) is 30.6. The molecule has 31 heavy (non-hydrogen) atoms. The van der Waals surface area contributed by atoms with Crippen molar-refractivity contribution >= 4 is 23.2 Å². The van der Waals surface area contributed by atoms with Crippen molar-refractivity contribution in [2.75, 3.05) is 18.4 Å². The van der Waals surface area contributed by atoms with Crippen LogP contribution < -0.4 is 5.32 Å². The number of likely N-dealkylation sites (tertiary alicyclic amines) is 1. The van der Waals surface area contributed by atoms with Crippen LogP contribution in [0.1, 0.15) is 37.7 Å². The van der Waals surface area contributed by atoms with Crippen molar-refractivity contribution in [3.8, 4) is 0 Å². The van der Waals surface area contributed by atoms with E-state index in [1.807, 2.05) is 66.7 Å². The molecule has 1 N–H and O–H groups in total. The third-order valence-electron chi connectivity index (χ3n) is 5.42. The molecule has 3 aromatic carbocycles. The molecule has 0 aromatic heterocycles. The molecule has 0 saturated carbocycles. The van der Waals surface area contributed by atoms with Crippen molar-refractivity contribution in [3.63, 3.8) is 0 Å². The van der Waals surface area contributed by atoms with Gasteiger partial charge in [0.25, 0.3) is 0 Å². The second kappa shape index (κ2) is 11.1. The Morgan fingerprint density at radius 3 is 1.84 bits per heavy atom. The quantitative estimate of drug-likeness (QED) is 0.395. The van der Waals surface area contributed by atoms with Gasteiger partial charge in [-0.3, -0.25) is 0 Å². The fourth-order valence-corrected chi connectivity index (χ4v) is 3.75. The first-order chi connectivity index (χ1) is 15.4. The van der Waals surface area contributed by atoms with Gasteiger partial charge in [-0.05, 0) is 37.1 Å². The predicted molar refractivity (Wildman–Crippen MR) is 131 cm³/mol. The monoisotopic (exact) mass is 410 g/mol. The number of rotatable bonds is 3. The molecule has 3 aromatic rings. The molecule has 0 unspecified atom stereocenters. The first kappa shape index (κ1) is 20.9. The third-order valence-corrected chi connectivity index (χ3v) is 5.42. The maximum absolute atomic E-state index is 5.11. The van der Waals surface area contributed by atoms with Crippen LogP contribution in [0, 0.1) is 0 Å². The van der Waals surface area contributed by atoms with Crippen LogP contribution in [-0.2, 0) is 0 Å². The highest BCUT2D eigenvalue weighted by Crippen LogP contribution is 2.17. The van der Waals surface area contributed by atoms with Crippen LogP contribution in [0.5, 0.6) is 0 Å². The fraction of sp³-hybridized carbons (Fsp3) is 0.259. The maximum atomic E-state index is 5.11. The lowest BCUT2D eigenvalue weighted by molar-refractivity contribution is 0.359. The number of benzene rings is 3. The fourth-order valence-electron chi connectivity index (χ4n) is 3.75. The second-order valence-electron chi connectivity index (χ2n) is 7.82. The van der Waals surface area contributed by atoms with Crippen LogP contribution in [0.4, 0.5) is 11.4 Å². The number of anilines is 1. The molecule has 4 heteroatoms. The zero-order valence-corrected chi connectivity index (χ0v) is 18.0. The summed E-state index contributed by atoms with van der Waals surface area (Å²) in [5, 5.41) is 3.52. The zero-order chi connectivity index (χ0) is 21.1. The third kappa shape index (κ3) is 6.29. The number of hydrogen-bond acceptors (Lipinski definition) is 1. The van der Waals surface area contributed by atoms with Gasteiger partial charge < -0.3 is 10.2 Å². The Kier molecular flexibility index (Phi) is 7.48. The first-order valence-electron chi connectivity index (χ1n) is 11.2. The normalized spacial score (nSPS) is 15.8. The van der Waals surface area contributed by atoms with E-state index in [1.165, 1.54) is 32.1 Å². The second-order valence-corrected chi connectivity index (χ2v) is 7.82. The van der Waals surface area contributed by atoms with Gasteiger partial charge in [-0.1, -0.05) is 86.0 Å². The summed E-state index contributed by atoms with van der Waals surface area (Å²) in [5.74, 6) is 1.58. The van der Waals surface area contributed by atoms with Crippen molar-refractivity contribution < 1.29 is 0 Å². The largest absolute Gasteiger partial charge is 0.341 e. The number of nitrogens with zero attached hydrogens (tertiary/aromatic N) is 3. The van der Waals surface area contributed by atoms with Crippen molar-refractivity contribution in [1.82, 2.24) is 4.90 Å². The summed E-state index contributed by atoms with van der Waals surface area (Å²) in [5.41, 5.74) is 2.98. The van der Waals surface area contributed by atoms with E-state index < -0.39 is 0 Å². The van der Waals surface area contributed by atoms with Gasteiger partial charge in [-0.15, -0.1) is 0 Å². The summed E-state index contributed by atoms with van der Waals surface area (Å²) >= 11 is 0. The molecular formula is C27H30N4. The molecule has 158 valence electrons. The van der Waals surface area contributed by atoms with E-state index in [1.54, 1.807) is 0 Å². The van der Waals surface area contributed by atoms with E-state index >= 15 is 0 Å². The first-order valence-corrected chi connectivity index (χ1v) is 11.2. The topological polar surface area (TPSA) is 40.0 Å². The van der Waals surface area contributed by atoms with E-state index in [-0.39, 0.29) is 0 Å². The Morgan fingerprint density at radius 2 is 1.19 bits per heavy atom. The standard InChI is InChI=1S/C27H30N4/c1-2-13-21-31(22-14-3-1)27(29-25-19-11-6-12-20-25)30-26(23-15-7-4-8-16-23)28-24-17-9-5-10-18-24/h4-12,15-20H,1-3,13-14,21-22H2,(H,28,29,30). The number of aliphatic imine (C=N–C) groups is 2. The Balaban J connectivity index is 1.74. The molecule has 4 rings (SSSR count). The summed E-state index contributed by atoms with van der Waals surface area (Å²) in [7, 11) is 0. The van der Waals surface area contributed by atoms with Gasteiger partial charge in [0.15, 0.2) is 0 Å². The highest BCUT2D eigenvalue weighted by atomic mass is 15.3. The van der Waals surface area contributed by atoms with Crippen molar-refractivity contribution in [3.05, 3.63) is 96.6 Å². The minimum absolute atomic E-state index is 0.774. The predicted octanol–water partition coefficient (Wildman–Crippen LogP) is 6.50. The molecule has 1 saturated heterocycles. The number of guanidine groups is 1. The Hall–Kier alpha value is -3.40. The molecule has 0 aliphatic carbocycles. The van der Waals surface area contributed by atoms with E-state index in [2.05, 4.69) is 34.5 Å². The lowest BCUT2D eigenvalue weighted by Gasteiger charge is -2.26. The Bertz CT molecular complexity index is 974. The molecule has 0 atom stereocenters. The van der Waals surface area contributed by atoms with Crippen LogP contribution >= 0.6 is 0 Å². The van der Waals surface area contributed by atoms with Gasteiger partial charge in [0.1, 0.15) is 5.84 Å². The molecule has 1 fully saturated rings. The van der Waals surface area contributed by atoms with Crippen molar-refractivity contribution in [1.29, 1.82) is 0 Å². The summed E-state index contributed by atoms with van der Waals surface area (Å²) in [6.07, 6.45) is 6.22. The average Bonchev–Trinajstić information content (AvgIpc) is 2.80. The van der Waals surface area contributed by atoms with Crippen LogP contribution in [0.3, 0.4) is 0 Å². The Morgan fingerprint density at radius 1 is 0.645 bits per heavy atom. The highest BCUT2D eigenvalue weighted by molar-refractivity contribution is 6.13. The molecular weight excluding hydrogens is 380 g/mol. The number of amidine groups is 1. The van der Waals surface area contributed by atoms with Gasteiger partial charge in [0.2, 0.25) is 5.96 Å². The maximum Gasteiger partial charge on any atom is 0.227 e. The molecule has 0 amide bonds. The van der Waals surface area contributed by atoms with Crippen LogP contribution in [0.15, 0.2) is 101 Å². The van der Waals surface area contributed by atoms with Crippen molar-refractivity contribution in [2.24, 2.45) is 9.98 Å². The van der Waals surface area contributed by atoms with Gasteiger partial charge in [-0.2, -0.15) is 4.99 Å². The van der Waals surface area contributed by atoms with Crippen LogP contribution in [0.2, 0.25) is 0 Å². The molecule has 1 heterocycles.